The molecule has 0 radical (unpaired) electrons. The first-order valence-corrected chi connectivity index (χ1v) is 7.60. The molecule has 1 aromatic rings. The van der Waals surface area contributed by atoms with Crippen LogP contribution in [0.5, 0.6) is 0 Å². The smallest absolute Gasteiger partial charge is 0.255 e. The predicted molar refractivity (Wildman–Crippen MR) is 71.2 cm³/mol. The summed E-state index contributed by atoms with van der Waals surface area (Å²) in [6, 6.07) is 0. The van der Waals surface area contributed by atoms with Crippen LogP contribution in [0.4, 0.5) is 0 Å². The predicted octanol–water partition coefficient (Wildman–Crippen LogP) is 4.04. The fourth-order valence-corrected chi connectivity index (χ4v) is 3.98. The molecule has 0 bridgehead atoms. The van der Waals surface area contributed by atoms with E-state index in [2.05, 4.69) is 17.6 Å². The van der Waals surface area contributed by atoms with Gasteiger partial charge in [-0.15, -0.1) is 0 Å². The van der Waals surface area contributed by atoms with Crippen LogP contribution in [0.25, 0.3) is 0 Å². The van der Waals surface area contributed by atoms with Crippen molar-refractivity contribution in [1.29, 1.82) is 0 Å². The summed E-state index contributed by atoms with van der Waals surface area (Å²) in [4.78, 5) is 4.16. The Labute approximate surface area is 107 Å². The van der Waals surface area contributed by atoms with Gasteiger partial charge in [-0.1, -0.05) is 37.4 Å². The van der Waals surface area contributed by atoms with Crippen molar-refractivity contribution in [1.82, 2.24) is 4.98 Å². The second-order valence-corrected chi connectivity index (χ2v) is 5.90. The van der Waals surface area contributed by atoms with Gasteiger partial charge in [0.25, 0.3) is 5.22 Å². The SMILES string of the molecule is SCC1(CSc2ncco2)CCCCCC1. The molecule has 0 atom stereocenters. The molecule has 2 rings (SSSR count). The Morgan fingerprint density at radius 1 is 1.31 bits per heavy atom. The fraction of sp³-hybridized carbons (Fsp3) is 0.750. The zero-order chi connectivity index (χ0) is 11.3. The summed E-state index contributed by atoms with van der Waals surface area (Å²) in [5.41, 5.74) is 0.402. The van der Waals surface area contributed by atoms with E-state index in [4.69, 9.17) is 4.42 Å². The number of hydrogen-bond acceptors (Lipinski definition) is 4. The summed E-state index contributed by atoms with van der Waals surface area (Å²) in [6.45, 7) is 0. The number of aromatic nitrogens is 1. The van der Waals surface area contributed by atoms with Gasteiger partial charge in [-0.05, 0) is 24.0 Å². The lowest BCUT2D eigenvalue weighted by Crippen LogP contribution is -2.25. The third kappa shape index (κ3) is 3.20. The molecule has 1 aromatic heterocycles. The Hall–Kier alpha value is -0.0900. The molecule has 16 heavy (non-hydrogen) atoms. The van der Waals surface area contributed by atoms with E-state index in [1.165, 1.54) is 38.5 Å². The molecule has 1 saturated carbocycles. The maximum absolute atomic E-state index is 5.27. The molecule has 0 aromatic carbocycles. The molecule has 0 spiro atoms. The maximum Gasteiger partial charge on any atom is 0.255 e. The van der Waals surface area contributed by atoms with Crippen LogP contribution in [0.3, 0.4) is 0 Å². The van der Waals surface area contributed by atoms with E-state index in [9.17, 15) is 0 Å². The normalized spacial score (nSPS) is 20.6. The molecule has 0 aliphatic heterocycles. The van der Waals surface area contributed by atoms with E-state index in [0.29, 0.717) is 5.41 Å². The summed E-state index contributed by atoms with van der Waals surface area (Å²) in [5.74, 6) is 2.08. The van der Waals surface area contributed by atoms with Crippen LogP contribution < -0.4 is 0 Å². The van der Waals surface area contributed by atoms with Crippen molar-refractivity contribution < 1.29 is 4.42 Å². The summed E-state index contributed by atoms with van der Waals surface area (Å²) in [7, 11) is 0. The van der Waals surface area contributed by atoms with E-state index in [-0.39, 0.29) is 0 Å². The van der Waals surface area contributed by atoms with E-state index in [0.717, 1.165) is 16.7 Å². The molecule has 0 N–H and O–H groups in total. The van der Waals surface area contributed by atoms with Gasteiger partial charge in [0.1, 0.15) is 6.26 Å². The number of thioether (sulfide) groups is 1. The molecule has 1 fully saturated rings. The Balaban J connectivity index is 1.92. The van der Waals surface area contributed by atoms with Gasteiger partial charge >= 0.3 is 0 Å². The third-order valence-corrected chi connectivity index (χ3v) is 5.29. The monoisotopic (exact) mass is 257 g/mol. The van der Waals surface area contributed by atoms with Crippen molar-refractivity contribution in [2.24, 2.45) is 5.41 Å². The van der Waals surface area contributed by atoms with Crippen molar-refractivity contribution >= 4 is 24.4 Å². The summed E-state index contributed by atoms with van der Waals surface area (Å²) in [5, 5.41) is 0.797. The van der Waals surface area contributed by atoms with E-state index < -0.39 is 0 Å². The van der Waals surface area contributed by atoms with Crippen LogP contribution in [0.1, 0.15) is 38.5 Å². The van der Waals surface area contributed by atoms with Gasteiger partial charge in [-0.3, -0.25) is 0 Å². The minimum atomic E-state index is 0.402. The van der Waals surface area contributed by atoms with Gasteiger partial charge in [-0.2, -0.15) is 12.6 Å². The van der Waals surface area contributed by atoms with Crippen LogP contribution in [-0.4, -0.2) is 16.5 Å². The number of thiol groups is 1. The molecule has 1 aliphatic rings. The van der Waals surface area contributed by atoms with Gasteiger partial charge in [0.2, 0.25) is 0 Å². The van der Waals surface area contributed by atoms with Crippen LogP contribution in [0.15, 0.2) is 22.1 Å². The van der Waals surface area contributed by atoms with E-state index in [1.54, 1.807) is 24.2 Å². The summed E-state index contributed by atoms with van der Waals surface area (Å²) in [6.07, 6.45) is 11.5. The highest BCUT2D eigenvalue weighted by Gasteiger charge is 2.30. The first kappa shape index (κ1) is 12.4. The first-order valence-electron chi connectivity index (χ1n) is 5.98. The highest BCUT2D eigenvalue weighted by Crippen LogP contribution is 2.40. The first-order chi connectivity index (χ1) is 7.85. The number of hydrogen-bond donors (Lipinski definition) is 1. The molecule has 1 aliphatic carbocycles. The molecule has 0 amide bonds. The third-order valence-electron chi connectivity index (χ3n) is 3.41. The molecular formula is C12H19NOS2. The summed E-state index contributed by atoms with van der Waals surface area (Å²) >= 11 is 6.30. The zero-order valence-corrected chi connectivity index (χ0v) is 11.2. The molecule has 0 saturated heterocycles. The van der Waals surface area contributed by atoms with Gasteiger partial charge in [0.05, 0.1) is 6.20 Å². The lowest BCUT2D eigenvalue weighted by atomic mass is 9.84. The van der Waals surface area contributed by atoms with Gasteiger partial charge < -0.3 is 4.42 Å². The Bertz CT molecular complexity index is 292. The zero-order valence-electron chi connectivity index (χ0n) is 9.52. The second kappa shape index (κ2) is 6.01. The molecule has 90 valence electrons. The standard InChI is InChI=1S/C12H19NOS2/c15-9-12(5-3-1-2-4-6-12)10-16-11-13-7-8-14-11/h7-8,15H,1-6,9-10H2. The largest absolute Gasteiger partial charge is 0.440 e. The Kier molecular flexibility index (Phi) is 4.65. The fourth-order valence-electron chi connectivity index (χ4n) is 2.32. The number of oxazole rings is 1. The highest BCUT2D eigenvalue weighted by molar-refractivity contribution is 7.99. The van der Waals surface area contributed by atoms with Crippen LogP contribution in [-0.2, 0) is 0 Å². The summed E-state index contributed by atoms with van der Waals surface area (Å²) < 4.78 is 5.27. The number of nitrogens with zero attached hydrogens (tertiary/aromatic N) is 1. The molecular weight excluding hydrogens is 238 g/mol. The minimum Gasteiger partial charge on any atom is -0.440 e. The topological polar surface area (TPSA) is 26.0 Å². The van der Waals surface area contributed by atoms with Gasteiger partial charge in [-0.25, -0.2) is 4.98 Å². The average Bonchev–Trinajstić information content (AvgIpc) is 2.72. The van der Waals surface area contributed by atoms with Crippen LogP contribution in [0.2, 0.25) is 0 Å². The van der Waals surface area contributed by atoms with E-state index in [1.807, 2.05) is 0 Å². The average molecular weight is 257 g/mol. The molecule has 2 nitrogen and oxygen atoms in total. The van der Waals surface area contributed by atoms with Crippen molar-refractivity contribution in [2.75, 3.05) is 11.5 Å². The maximum atomic E-state index is 5.27. The lowest BCUT2D eigenvalue weighted by molar-refractivity contribution is 0.331. The van der Waals surface area contributed by atoms with Crippen molar-refractivity contribution in [2.45, 2.75) is 43.7 Å². The van der Waals surface area contributed by atoms with Crippen molar-refractivity contribution in [3.63, 3.8) is 0 Å². The molecule has 0 unspecified atom stereocenters. The second-order valence-electron chi connectivity index (χ2n) is 4.66. The van der Waals surface area contributed by atoms with Gasteiger partial charge in [0, 0.05) is 5.75 Å². The van der Waals surface area contributed by atoms with E-state index >= 15 is 0 Å². The molecule has 4 heteroatoms. The number of rotatable bonds is 4. The Morgan fingerprint density at radius 3 is 2.62 bits per heavy atom. The van der Waals surface area contributed by atoms with Gasteiger partial charge in [0.15, 0.2) is 0 Å². The highest BCUT2D eigenvalue weighted by atomic mass is 32.2. The quantitative estimate of drug-likeness (QED) is 0.501. The minimum absolute atomic E-state index is 0.402. The van der Waals surface area contributed by atoms with Crippen molar-refractivity contribution in [3.05, 3.63) is 12.5 Å². The Morgan fingerprint density at radius 2 is 2.06 bits per heavy atom. The van der Waals surface area contributed by atoms with Crippen LogP contribution in [0, 0.1) is 5.41 Å². The molecule has 1 heterocycles. The lowest BCUT2D eigenvalue weighted by Gasteiger charge is -2.30. The van der Waals surface area contributed by atoms with Crippen molar-refractivity contribution in [3.8, 4) is 0 Å². The van der Waals surface area contributed by atoms with Crippen LogP contribution >= 0.6 is 24.4 Å².